The highest BCUT2D eigenvalue weighted by Crippen LogP contribution is 2.24. The van der Waals surface area contributed by atoms with Gasteiger partial charge in [0.05, 0.1) is 6.20 Å². The Balaban J connectivity index is 1.84. The minimum absolute atomic E-state index is 0.508. The fourth-order valence-corrected chi connectivity index (χ4v) is 2.24. The first-order valence-electron chi connectivity index (χ1n) is 6.57. The molecular formula is C17H16N2O. The zero-order chi connectivity index (χ0) is 13.9. The number of aromatic nitrogens is 1. The average Bonchev–Trinajstić information content (AvgIpc) is 2.87. The fraction of sp³-hybridized carbons (Fsp3) is 0.118. The SMILES string of the molecule is Cc1cc(C)cc(Nc2ncc(-c3ccccc3)o2)c1. The van der Waals surface area contributed by atoms with Crippen molar-refractivity contribution >= 4 is 11.7 Å². The monoisotopic (exact) mass is 264 g/mol. The Labute approximate surface area is 118 Å². The van der Waals surface area contributed by atoms with E-state index < -0.39 is 0 Å². The van der Waals surface area contributed by atoms with Crippen molar-refractivity contribution in [3.8, 4) is 11.3 Å². The molecule has 20 heavy (non-hydrogen) atoms. The molecule has 3 aromatic rings. The number of oxazole rings is 1. The van der Waals surface area contributed by atoms with Crippen LogP contribution in [-0.2, 0) is 0 Å². The van der Waals surface area contributed by atoms with Crippen LogP contribution in [0, 0.1) is 13.8 Å². The maximum atomic E-state index is 5.73. The van der Waals surface area contributed by atoms with Gasteiger partial charge in [0.25, 0.3) is 6.01 Å². The van der Waals surface area contributed by atoms with Crippen molar-refractivity contribution in [1.82, 2.24) is 4.98 Å². The molecule has 0 spiro atoms. The summed E-state index contributed by atoms with van der Waals surface area (Å²) >= 11 is 0. The predicted octanol–water partition coefficient (Wildman–Crippen LogP) is 4.70. The summed E-state index contributed by atoms with van der Waals surface area (Å²) in [6.45, 7) is 4.15. The average molecular weight is 264 g/mol. The molecule has 3 nitrogen and oxygen atoms in total. The van der Waals surface area contributed by atoms with Gasteiger partial charge in [0.1, 0.15) is 0 Å². The van der Waals surface area contributed by atoms with Crippen LogP contribution in [0.2, 0.25) is 0 Å². The van der Waals surface area contributed by atoms with Crippen molar-refractivity contribution in [2.45, 2.75) is 13.8 Å². The van der Waals surface area contributed by atoms with Gasteiger partial charge in [-0.15, -0.1) is 0 Å². The highest BCUT2D eigenvalue weighted by atomic mass is 16.4. The Morgan fingerprint density at radius 2 is 1.65 bits per heavy atom. The molecule has 0 radical (unpaired) electrons. The quantitative estimate of drug-likeness (QED) is 0.745. The fourth-order valence-electron chi connectivity index (χ4n) is 2.24. The minimum Gasteiger partial charge on any atom is -0.423 e. The van der Waals surface area contributed by atoms with E-state index in [0.29, 0.717) is 6.01 Å². The second-order valence-electron chi connectivity index (χ2n) is 4.90. The van der Waals surface area contributed by atoms with Crippen LogP contribution in [0.15, 0.2) is 59.1 Å². The van der Waals surface area contributed by atoms with Gasteiger partial charge in [0.15, 0.2) is 5.76 Å². The summed E-state index contributed by atoms with van der Waals surface area (Å²) in [6.07, 6.45) is 1.74. The minimum atomic E-state index is 0.508. The summed E-state index contributed by atoms with van der Waals surface area (Å²) in [6, 6.07) is 16.7. The highest BCUT2D eigenvalue weighted by molar-refractivity contribution is 5.60. The summed E-state index contributed by atoms with van der Waals surface area (Å²) in [4.78, 5) is 4.27. The van der Waals surface area contributed by atoms with E-state index in [0.717, 1.165) is 17.0 Å². The lowest BCUT2D eigenvalue weighted by molar-refractivity contribution is 0.592. The molecule has 0 fully saturated rings. The van der Waals surface area contributed by atoms with E-state index in [1.54, 1.807) is 6.20 Å². The Bertz CT molecular complexity index is 697. The van der Waals surface area contributed by atoms with Crippen LogP contribution in [0.4, 0.5) is 11.7 Å². The first-order chi connectivity index (χ1) is 9.70. The summed E-state index contributed by atoms with van der Waals surface area (Å²) < 4.78 is 5.73. The maximum absolute atomic E-state index is 5.73. The molecule has 0 aliphatic heterocycles. The number of nitrogens with zero attached hydrogens (tertiary/aromatic N) is 1. The molecule has 1 heterocycles. The Morgan fingerprint density at radius 1 is 0.950 bits per heavy atom. The van der Waals surface area contributed by atoms with E-state index in [1.807, 2.05) is 30.3 Å². The molecule has 100 valence electrons. The Hall–Kier alpha value is -2.55. The number of aryl methyl sites for hydroxylation is 2. The van der Waals surface area contributed by atoms with Crippen LogP contribution in [0.1, 0.15) is 11.1 Å². The third kappa shape index (κ3) is 2.72. The van der Waals surface area contributed by atoms with Crippen molar-refractivity contribution in [2.24, 2.45) is 0 Å². The topological polar surface area (TPSA) is 38.1 Å². The normalized spacial score (nSPS) is 10.5. The zero-order valence-corrected chi connectivity index (χ0v) is 11.6. The molecule has 0 atom stereocenters. The van der Waals surface area contributed by atoms with Gasteiger partial charge in [0, 0.05) is 11.3 Å². The predicted molar refractivity (Wildman–Crippen MR) is 81.1 cm³/mol. The van der Waals surface area contributed by atoms with Crippen LogP contribution in [0.25, 0.3) is 11.3 Å². The summed E-state index contributed by atoms with van der Waals surface area (Å²) in [5.41, 5.74) is 4.43. The van der Waals surface area contributed by atoms with Gasteiger partial charge in [-0.25, -0.2) is 4.98 Å². The Morgan fingerprint density at radius 3 is 2.35 bits per heavy atom. The lowest BCUT2D eigenvalue weighted by Crippen LogP contribution is -1.91. The summed E-state index contributed by atoms with van der Waals surface area (Å²) in [5.74, 6) is 0.762. The van der Waals surface area contributed by atoms with Gasteiger partial charge < -0.3 is 9.73 Å². The number of anilines is 2. The van der Waals surface area contributed by atoms with E-state index in [4.69, 9.17) is 4.42 Å². The molecule has 0 saturated carbocycles. The third-order valence-corrected chi connectivity index (χ3v) is 3.04. The lowest BCUT2D eigenvalue weighted by Gasteiger charge is -2.04. The molecule has 3 heteroatoms. The number of nitrogens with one attached hydrogen (secondary N) is 1. The first-order valence-corrected chi connectivity index (χ1v) is 6.57. The number of benzene rings is 2. The van der Waals surface area contributed by atoms with Crippen LogP contribution < -0.4 is 5.32 Å². The molecule has 0 bridgehead atoms. The van der Waals surface area contributed by atoms with E-state index in [-0.39, 0.29) is 0 Å². The van der Waals surface area contributed by atoms with Gasteiger partial charge in [-0.05, 0) is 37.1 Å². The van der Waals surface area contributed by atoms with Gasteiger partial charge in [-0.3, -0.25) is 0 Å². The van der Waals surface area contributed by atoms with Gasteiger partial charge in [0.2, 0.25) is 0 Å². The lowest BCUT2D eigenvalue weighted by atomic mass is 10.1. The van der Waals surface area contributed by atoms with Crippen LogP contribution in [-0.4, -0.2) is 4.98 Å². The number of rotatable bonds is 3. The van der Waals surface area contributed by atoms with Gasteiger partial charge >= 0.3 is 0 Å². The first kappa shape index (κ1) is 12.5. The summed E-state index contributed by atoms with van der Waals surface area (Å²) in [5, 5.41) is 3.20. The zero-order valence-electron chi connectivity index (χ0n) is 11.6. The molecule has 0 saturated heterocycles. The molecule has 0 unspecified atom stereocenters. The second-order valence-corrected chi connectivity index (χ2v) is 4.90. The molecule has 1 aromatic heterocycles. The van der Waals surface area contributed by atoms with E-state index >= 15 is 0 Å². The Kier molecular flexibility index (Phi) is 3.25. The maximum Gasteiger partial charge on any atom is 0.299 e. The number of hydrogen-bond acceptors (Lipinski definition) is 3. The van der Waals surface area contributed by atoms with Crippen LogP contribution in [0.3, 0.4) is 0 Å². The molecule has 0 aliphatic rings. The van der Waals surface area contributed by atoms with Crippen molar-refractivity contribution in [3.05, 3.63) is 65.9 Å². The largest absolute Gasteiger partial charge is 0.423 e. The third-order valence-electron chi connectivity index (χ3n) is 3.04. The smallest absolute Gasteiger partial charge is 0.299 e. The molecule has 0 amide bonds. The standard InChI is InChI=1S/C17H16N2O/c1-12-8-13(2)10-15(9-12)19-17-18-11-16(20-17)14-6-4-3-5-7-14/h3-11H,1-2H3,(H,18,19). The van der Waals surface area contributed by atoms with Crippen molar-refractivity contribution in [3.63, 3.8) is 0 Å². The number of hydrogen-bond donors (Lipinski definition) is 1. The molecule has 2 aromatic carbocycles. The van der Waals surface area contributed by atoms with Crippen LogP contribution in [0.5, 0.6) is 0 Å². The van der Waals surface area contributed by atoms with Gasteiger partial charge in [-0.2, -0.15) is 0 Å². The van der Waals surface area contributed by atoms with E-state index in [9.17, 15) is 0 Å². The molecule has 1 N–H and O–H groups in total. The summed E-state index contributed by atoms with van der Waals surface area (Å²) in [7, 11) is 0. The second kappa shape index (κ2) is 5.21. The highest BCUT2D eigenvalue weighted by Gasteiger charge is 2.06. The van der Waals surface area contributed by atoms with Gasteiger partial charge in [-0.1, -0.05) is 36.4 Å². The van der Waals surface area contributed by atoms with E-state index in [2.05, 4.69) is 42.3 Å². The van der Waals surface area contributed by atoms with Crippen molar-refractivity contribution in [1.29, 1.82) is 0 Å². The van der Waals surface area contributed by atoms with Crippen molar-refractivity contribution < 1.29 is 4.42 Å². The molecule has 0 aliphatic carbocycles. The van der Waals surface area contributed by atoms with Crippen molar-refractivity contribution in [2.75, 3.05) is 5.32 Å². The molecular weight excluding hydrogens is 248 g/mol. The van der Waals surface area contributed by atoms with E-state index in [1.165, 1.54) is 11.1 Å². The molecule has 3 rings (SSSR count). The van der Waals surface area contributed by atoms with Crippen LogP contribution >= 0.6 is 0 Å².